The quantitative estimate of drug-likeness (QED) is 0.878. The van der Waals surface area contributed by atoms with Crippen LogP contribution < -0.4 is 9.47 Å². The van der Waals surface area contributed by atoms with Gasteiger partial charge < -0.3 is 14.2 Å². The van der Waals surface area contributed by atoms with Gasteiger partial charge in [0.1, 0.15) is 18.9 Å². The van der Waals surface area contributed by atoms with Gasteiger partial charge in [0.15, 0.2) is 11.5 Å². The highest BCUT2D eigenvalue weighted by molar-refractivity contribution is 5.88. The summed E-state index contributed by atoms with van der Waals surface area (Å²) in [4.78, 5) is 11.9. The molecule has 2 heterocycles. The molecule has 22 heavy (non-hydrogen) atoms. The van der Waals surface area contributed by atoms with Crippen LogP contribution in [-0.2, 0) is 4.74 Å². The average Bonchev–Trinajstić information content (AvgIpc) is 3.26. The van der Waals surface area contributed by atoms with Crippen molar-refractivity contribution >= 4 is 5.97 Å². The monoisotopic (exact) mass is 300 g/mol. The van der Waals surface area contributed by atoms with Crippen LogP contribution in [0.5, 0.6) is 11.5 Å². The Morgan fingerprint density at radius 3 is 2.86 bits per heavy atom. The molecular weight excluding hydrogens is 284 g/mol. The molecule has 6 heteroatoms. The normalized spacial score (nSPS) is 16.4. The van der Waals surface area contributed by atoms with E-state index in [9.17, 15) is 4.79 Å². The summed E-state index contributed by atoms with van der Waals surface area (Å²) in [5, 5.41) is 6.91. The van der Waals surface area contributed by atoms with Gasteiger partial charge >= 0.3 is 5.97 Å². The molecule has 1 aromatic carbocycles. The summed E-state index contributed by atoms with van der Waals surface area (Å²) in [6, 6.07) is 7.30. The van der Waals surface area contributed by atoms with E-state index in [2.05, 4.69) is 10.2 Å². The molecule has 0 saturated heterocycles. The maximum atomic E-state index is 11.9. The number of esters is 1. The number of rotatable bonds is 4. The summed E-state index contributed by atoms with van der Waals surface area (Å²) in [5.41, 5.74) is 1.91. The fourth-order valence-electron chi connectivity index (χ4n) is 2.33. The third-order valence-electron chi connectivity index (χ3n) is 3.78. The number of aromatic nitrogens is 2. The van der Waals surface area contributed by atoms with Gasteiger partial charge in [-0.3, -0.25) is 5.10 Å². The standard InChI is InChI=1S/C16H16N2O4/c19-16(22-9-10-1-2-10)13-8-12(17-18-13)11-3-4-14-15(7-11)21-6-5-20-14/h3-4,7-8,10H,1-2,5-6,9H2,(H,17,18). The van der Waals surface area contributed by atoms with E-state index in [0.29, 0.717) is 42.9 Å². The zero-order chi connectivity index (χ0) is 14.9. The van der Waals surface area contributed by atoms with E-state index in [-0.39, 0.29) is 5.97 Å². The van der Waals surface area contributed by atoms with Gasteiger partial charge in [0, 0.05) is 5.56 Å². The Labute approximate surface area is 127 Å². The number of hydrogen-bond donors (Lipinski definition) is 1. The Morgan fingerprint density at radius 2 is 2.05 bits per heavy atom. The Morgan fingerprint density at radius 1 is 1.23 bits per heavy atom. The van der Waals surface area contributed by atoms with Crippen LogP contribution in [0.1, 0.15) is 23.3 Å². The number of fused-ring (bicyclic) bond motifs is 1. The van der Waals surface area contributed by atoms with Gasteiger partial charge in [0.2, 0.25) is 0 Å². The number of benzene rings is 1. The fourth-order valence-corrected chi connectivity index (χ4v) is 2.33. The number of ether oxygens (including phenoxy) is 3. The second kappa shape index (κ2) is 5.36. The summed E-state index contributed by atoms with van der Waals surface area (Å²) in [6.07, 6.45) is 2.30. The molecule has 114 valence electrons. The maximum absolute atomic E-state index is 11.9. The number of carbonyl (C=O) groups excluding carboxylic acids is 1. The zero-order valence-electron chi connectivity index (χ0n) is 12.0. The summed E-state index contributed by atoms with van der Waals surface area (Å²) in [5.74, 6) is 1.62. The second-order valence-electron chi connectivity index (χ2n) is 5.57. The highest BCUT2D eigenvalue weighted by Crippen LogP contribution is 2.34. The van der Waals surface area contributed by atoms with Crippen molar-refractivity contribution in [2.75, 3.05) is 19.8 Å². The molecular formula is C16H16N2O4. The highest BCUT2D eigenvalue weighted by Gasteiger charge is 2.24. The number of carbonyl (C=O) groups is 1. The van der Waals surface area contributed by atoms with Crippen LogP contribution in [0.15, 0.2) is 24.3 Å². The van der Waals surface area contributed by atoms with Crippen molar-refractivity contribution in [2.24, 2.45) is 5.92 Å². The average molecular weight is 300 g/mol. The molecule has 1 N–H and O–H groups in total. The first-order valence-corrected chi connectivity index (χ1v) is 7.42. The van der Waals surface area contributed by atoms with Crippen molar-refractivity contribution in [1.29, 1.82) is 0 Å². The molecule has 1 aromatic heterocycles. The lowest BCUT2D eigenvalue weighted by Gasteiger charge is -2.18. The summed E-state index contributed by atoms with van der Waals surface area (Å²) in [7, 11) is 0. The summed E-state index contributed by atoms with van der Waals surface area (Å²) >= 11 is 0. The molecule has 0 unspecified atom stereocenters. The molecule has 0 atom stereocenters. The number of H-pyrrole nitrogens is 1. The summed E-state index contributed by atoms with van der Waals surface area (Å²) in [6.45, 7) is 1.60. The highest BCUT2D eigenvalue weighted by atomic mass is 16.6. The van der Waals surface area contributed by atoms with Gasteiger partial charge in [-0.15, -0.1) is 0 Å². The van der Waals surface area contributed by atoms with E-state index < -0.39 is 0 Å². The van der Waals surface area contributed by atoms with Crippen molar-refractivity contribution in [1.82, 2.24) is 10.2 Å². The van der Waals surface area contributed by atoms with Crippen molar-refractivity contribution < 1.29 is 19.0 Å². The Hall–Kier alpha value is -2.50. The molecule has 6 nitrogen and oxygen atoms in total. The number of hydrogen-bond acceptors (Lipinski definition) is 5. The molecule has 1 aliphatic heterocycles. The van der Waals surface area contributed by atoms with Crippen LogP contribution in [0.3, 0.4) is 0 Å². The van der Waals surface area contributed by atoms with E-state index in [0.717, 1.165) is 24.2 Å². The zero-order valence-corrected chi connectivity index (χ0v) is 12.0. The van der Waals surface area contributed by atoms with E-state index in [4.69, 9.17) is 14.2 Å². The topological polar surface area (TPSA) is 73.4 Å². The molecule has 0 radical (unpaired) electrons. The fraction of sp³-hybridized carbons (Fsp3) is 0.375. The first kappa shape index (κ1) is 13.2. The molecule has 2 aliphatic rings. The van der Waals surface area contributed by atoms with Gasteiger partial charge in [-0.2, -0.15) is 5.10 Å². The Balaban J connectivity index is 1.51. The maximum Gasteiger partial charge on any atom is 0.356 e. The van der Waals surface area contributed by atoms with Crippen LogP contribution in [0.25, 0.3) is 11.3 Å². The Bertz CT molecular complexity index is 706. The predicted octanol–water partition coefficient (Wildman–Crippen LogP) is 2.41. The van der Waals surface area contributed by atoms with E-state index in [1.807, 2.05) is 18.2 Å². The first-order chi connectivity index (χ1) is 10.8. The largest absolute Gasteiger partial charge is 0.486 e. The molecule has 4 rings (SSSR count). The smallest absolute Gasteiger partial charge is 0.356 e. The van der Waals surface area contributed by atoms with Gasteiger partial charge in [0.25, 0.3) is 0 Å². The molecule has 0 spiro atoms. The molecule has 0 amide bonds. The van der Waals surface area contributed by atoms with Gasteiger partial charge in [-0.05, 0) is 43.0 Å². The SMILES string of the molecule is O=C(OCC1CC1)c1cc(-c2ccc3c(c2)OCCO3)n[nH]1. The van der Waals surface area contributed by atoms with E-state index in [1.165, 1.54) is 0 Å². The second-order valence-corrected chi connectivity index (χ2v) is 5.57. The lowest BCUT2D eigenvalue weighted by molar-refractivity contribution is 0.0479. The molecule has 2 aromatic rings. The lowest BCUT2D eigenvalue weighted by Crippen LogP contribution is -2.15. The minimum atomic E-state index is -0.358. The number of nitrogens with zero attached hydrogens (tertiary/aromatic N) is 1. The number of aromatic amines is 1. The summed E-state index contributed by atoms with van der Waals surface area (Å²) < 4.78 is 16.3. The van der Waals surface area contributed by atoms with Crippen molar-refractivity contribution in [2.45, 2.75) is 12.8 Å². The number of nitrogens with one attached hydrogen (secondary N) is 1. The van der Waals surface area contributed by atoms with Gasteiger partial charge in [-0.1, -0.05) is 0 Å². The lowest BCUT2D eigenvalue weighted by atomic mass is 10.1. The van der Waals surface area contributed by atoms with Gasteiger partial charge in [-0.25, -0.2) is 4.79 Å². The Kier molecular flexibility index (Phi) is 3.21. The minimum Gasteiger partial charge on any atom is -0.486 e. The minimum absolute atomic E-state index is 0.358. The van der Waals surface area contributed by atoms with Crippen molar-refractivity contribution in [3.63, 3.8) is 0 Å². The molecule has 1 saturated carbocycles. The predicted molar refractivity (Wildman–Crippen MR) is 78.0 cm³/mol. The molecule has 1 aliphatic carbocycles. The van der Waals surface area contributed by atoms with Crippen LogP contribution in [0.4, 0.5) is 0 Å². The van der Waals surface area contributed by atoms with E-state index in [1.54, 1.807) is 6.07 Å². The van der Waals surface area contributed by atoms with Crippen LogP contribution >= 0.6 is 0 Å². The van der Waals surface area contributed by atoms with E-state index >= 15 is 0 Å². The molecule has 1 fully saturated rings. The van der Waals surface area contributed by atoms with Crippen molar-refractivity contribution in [3.8, 4) is 22.8 Å². The third-order valence-corrected chi connectivity index (χ3v) is 3.78. The molecule has 0 bridgehead atoms. The van der Waals surface area contributed by atoms with Crippen LogP contribution in [0, 0.1) is 5.92 Å². The van der Waals surface area contributed by atoms with Crippen LogP contribution in [0.2, 0.25) is 0 Å². The van der Waals surface area contributed by atoms with Gasteiger partial charge in [0.05, 0.1) is 12.3 Å². The van der Waals surface area contributed by atoms with Crippen molar-refractivity contribution in [3.05, 3.63) is 30.0 Å². The first-order valence-electron chi connectivity index (χ1n) is 7.42. The van der Waals surface area contributed by atoms with Crippen LogP contribution in [-0.4, -0.2) is 36.0 Å². The third kappa shape index (κ3) is 2.64.